The van der Waals surface area contributed by atoms with Crippen LogP contribution in [0.1, 0.15) is 28.3 Å². The standard InChI is InChI=1S/C21H27N5O3/c1-23-21(25-13-17-7-8-18(29-17)20(22)28)24-12-16-11-19(27)26(14-16)10-9-15-5-3-2-4-6-15/h2-8,16H,9-14H2,1H3,(H2,22,28)(H2,23,24,25). The molecule has 29 heavy (non-hydrogen) atoms. The summed E-state index contributed by atoms with van der Waals surface area (Å²) in [6, 6.07) is 13.4. The molecule has 1 saturated heterocycles. The minimum atomic E-state index is -0.596. The zero-order chi connectivity index (χ0) is 20.6. The number of nitrogens with zero attached hydrogens (tertiary/aromatic N) is 2. The second kappa shape index (κ2) is 9.77. The second-order valence-corrected chi connectivity index (χ2v) is 7.08. The van der Waals surface area contributed by atoms with Crippen LogP contribution in [0.4, 0.5) is 0 Å². The molecule has 1 aliphatic rings. The summed E-state index contributed by atoms with van der Waals surface area (Å²) < 4.78 is 5.34. The highest BCUT2D eigenvalue weighted by atomic mass is 16.3. The molecule has 0 bridgehead atoms. The van der Waals surface area contributed by atoms with Crippen molar-refractivity contribution >= 4 is 17.8 Å². The Bertz CT molecular complexity index is 862. The van der Waals surface area contributed by atoms with Crippen molar-refractivity contribution in [1.82, 2.24) is 15.5 Å². The lowest BCUT2D eigenvalue weighted by molar-refractivity contribution is -0.127. The van der Waals surface area contributed by atoms with Crippen molar-refractivity contribution < 1.29 is 14.0 Å². The van der Waals surface area contributed by atoms with Crippen LogP contribution in [0.15, 0.2) is 51.9 Å². The summed E-state index contributed by atoms with van der Waals surface area (Å²) in [6.45, 7) is 2.51. The van der Waals surface area contributed by atoms with Crippen LogP contribution >= 0.6 is 0 Å². The molecule has 8 heteroatoms. The number of guanidine groups is 1. The second-order valence-electron chi connectivity index (χ2n) is 7.08. The van der Waals surface area contributed by atoms with Crippen molar-refractivity contribution in [2.75, 3.05) is 26.7 Å². The van der Waals surface area contributed by atoms with Gasteiger partial charge < -0.3 is 25.7 Å². The average molecular weight is 397 g/mol. The number of likely N-dealkylation sites (tertiary alicyclic amines) is 1. The van der Waals surface area contributed by atoms with Gasteiger partial charge in [0.2, 0.25) is 5.91 Å². The number of primary amides is 1. The monoisotopic (exact) mass is 397 g/mol. The third-order valence-corrected chi connectivity index (χ3v) is 4.92. The van der Waals surface area contributed by atoms with Gasteiger partial charge in [-0.1, -0.05) is 30.3 Å². The van der Waals surface area contributed by atoms with E-state index in [0.29, 0.717) is 31.2 Å². The summed E-state index contributed by atoms with van der Waals surface area (Å²) >= 11 is 0. The maximum Gasteiger partial charge on any atom is 0.284 e. The molecule has 154 valence electrons. The molecule has 1 unspecified atom stereocenters. The van der Waals surface area contributed by atoms with E-state index in [-0.39, 0.29) is 17.6 Å². The minimum Gasteiger partial charge on any atom is -0.454 e. The van der Waals surface area contributed by atoms with E-state index in [1.165, 1.54) is 5.56 Å². The largest absolute Gasteiger partial charge is 0.454 e. The van der Waals surface area contributed by atoms with Gasteiger partial charge in [0.05, 0.1) is 6.54 Å². The highest BCUT2D eigenvalue weighted by molar-refractivity contribution is 5.89. The first-order valence-electron chi connectivity index (χ1n) is 9.70. The van der Waals surface area contributed by atoms with Gasteiger partial charge in [0.15, 0.2) is 11.7 Å². The fraction of sp³-hybridized carbons (Fsp3) is 0.381. The molecule has 0 saturated carbocycles. The molecule has 1 fully saturated rings. The molecule has 3 rings (SSSR count). The van der Waals surface area contributed by atoms with E-state index >= 15 is 0 Å². The normalized spacial score (nSPS) is 16.9. The van der Waals surface area contributed by atoms with Gasteiger partial charge in [-0.2, -0.15) is 0 Å². The van der Waals surface area contributed by atoms with E-state index in [1.54, 1.807) is 19.2 Å². The van der Waals surface area contributed by atoms with Crippen LogP contribution in [-0.4, -0.2) is 49.4 Å². The maximum atomic E-state index is 12.3. The van der Waals surface area contributed by atoms with Crippen molar-refractivity contribution in [3.63, 3.8) is 0 Å². The van der Waals surface area contributed by atoms with Gasteiger partial charge in [0, 0.05) is 39.0 Å². The Hall–Kier alpha value is -3.29. The molecule has 1 atom stereocenters. The number of amides is 2. The number of rotatable bonds is 8. The zero-order valence-electron chi connectivity index (χ0n) is 16.6. The van der Waals surface area contributed by atoms with Crippen LogP contribution in [0.25, 0.3) is 0 Å². The van der Waals surface area contributed by atoms with Crippen LogP contribution in [0.3, 0.4) is 0 Å². The number of benzene rings is 1. The minimum absolute atomic E-state index is 0.129. The van der Waals surface area contributed by atoms with Gasteiger partial charge in [0.1, 0.15) is 5.76 Å². The highest BCUT2D eigenvalue weighted by Gasteiger charge is 2.29. The molecule has 0 spiro atoms. The van der Waals surface area contributed by atoms with Crippen LogP contribution in [-0.2, 0) is 17.8 Å². The Labute approximate surface area is 170 Å². The summed E-state index contributed by atoms with van der Waals surface area (Å²) in [5.41, 5.74) is 6.42. The first-order valence-corrected chi connectivity index (χ1v) is 9.70. The van der Waals surface area contributed by atoms with E-state index in [0.717, 1.165) is 19.5 Å². The van der Waals surface area contributed by atoms with Gasteiger partial charge in [-0.25, -0.2) is 0 Å². The number of furan rings is 1. The summed E-state index contributed by atoms with van der Waals surface area (Å²) in [5.74, 6) is 1.17. The van der Waals surface area contributed by atoms with Crippen molar-refractivity contribution in [3.8, 4) is 0 Å². The van der Waals surface area contributed by atoms with E-state index in [1.807, 2.05) is 23.1 Å². The third kappa shape index (κ3) is 5.84. The molecule has 0 radical (unpaired) electrons. The number of aliphatic imine (C=N–C) groups is 1. The quantitative estimate of drug-likeness (QED) is 0.457. The lowest BCUT2D eigenvalue weighted by Crippen LogP contribution is -2.40. The molecule has 2 amide bonds. The SMILES string of the molecule is CN=C(NCc1ccc(C(N)=O)o1)NCC1CC(=O)N(CCc2ccccc2)C1. The molecular formula is C21H27N5O3. The first kappa shape index (κ1) is 20.4. The van der Waals surface area contributed by atoms with Crippen LogP contribution in [0.5, 0.6) is 0 Å². The summed E-state index contributed by atoms with van der Waals surface area (Å²) in [7, 11) is 1.68. The highest BCUT2D eigenvalue weighted by Crippen LogP contribution is 2.17. The molecule has 8 nitrogen and oxygen atoms in total. The number of nitrogens with two attached hydrogens (primary N) is 1. The molecular weight excluding hydrogens is 370 g/mol. The van der Waals surface area contributed by atoms with E-state index in [4.69, 9.17) is 10.2 Å². The summed E-state index contributed by atoms with van der Waals surface area (Å²) in [4.78, 5) is 29.5. The number of hydrogen-bond donors (Lipinski definition) is 3. The molecule has 2 aromatic rings. The number of nitrogens with one attached hydrogen (secondary N) is 2. The molecule has 1 aliphatic heterocycles. The van der Waals surface area contributed by atoms with Crippen molar-refractivity contribution in [1.29, 1.82) is 0 Å². The van der Waals surface area contributed by atoms with Gasteiger partial charge in [0.25, 0.3) is 5.91 Å². The van der Waals surface area contributed by atoms with Gasteiger partial charge in [-0.15, -0.1) is 0 Å². The van der Waals surface area contributed by atoms with E-state index < -0.39 is 5.91 Å². The molecule has 4 N–H and O–H groups in total. The Balaban J connectivity index is 1.41. The fourth-order valence-electron chi connectivity index (χ4n) is 3.35. The Morgan fingerprint density at radius 3 is 2.72 bits per heavy atom. The topological polar surface area (TPSA) is 113 Å². The lowest BCUT2D eigenvalue weighted by Gasteiger charge is -2.17. The van der Waals surface area contributed by atoms with Crippen LogP contribution < -0.4 is 16.4 Å². The lowest BCUT2D eigenvalue weighted by atomic mass is 10.1. The predicted molar refractivity (Wildman–Crippen MR) is 110 cm³/mol. The molecule has 0 aliphatic carbocycles. The third-order valence-electron chi connectivity index (χ3n) is 4.92. The average Bonchev–Trinajstić information content (AvgIpc) is 3.34. The zero-order valence-corrected chi connectivity index (χ0v) is 16.6. The van der Waals surface area contributed by atoms with Crippen molar-refractivity contribution in [3.05, 3.63) is 59.5 Å². The maximum absolute atomic E-state index is 12.3. The molecule has 1 aromatic carbocycles. The van der Waals surface area contributed by atoms with Crippen LogP contribution in [0.2, 0.25) is 0 Å². The summed E-state index contributed by atoms with van der Waals surface area (Å²) in [6.07, 6.45) is 1.41. The predicted octanol–water partition coefficient (Wildman–Crippen LogP) is 1.13. The Kier molecular flexibility index (Phi) is 6.89. The number of carbonyl (C=O) groups excluding carboxylic acids is 2. The Morgan fingerprint density at radius 2 is 2.03 bits per heavy atom. The first-order chi connectivity index (χ1) is 14.0. The number of hydrogen-bond acceptors (Lipinski definition) is 4. The van der Waals surface area contributed by atoms with E-state index in [9.17, 15) is 9.59 Å². The summed E-state index contributed by atoms with van der Waals surface area (Å²) in [5, 5.41) is 6.38. The van der Waals surface area contributed by atoms with Gasteiger partial charge in [-0.05, 0) is 24.1 Å². The van der Waals surface area contributed by atoms with Gasteiger partial charge in [-0.3, -0.25) is 14.6 Å². The smallest absolute Gasteiger partial charge is 0.284 e. The van der Waals surface area contributed by atoms with Crippen molar-refractivity contribution in [2.24, 2.45) is 16.6 Å². The van der Waals surface area contributed by atoms with Gasteiger partial charge >= 0.3 is 0 Å². The van der Waals surface area contributed by atoms with E-state index in [2.05, 4.69) is 27.8 Å². The fourth-order valence-corrected chi connectivity index (χ4v) is 3.35. The number of carbonyl (C=O) groups is 2. The van der Waals surface area contributed by atoms with Crippen molar-refractivity contribution in [2.45, 2.75) is 19.4 Å². The molecule has 1 aromatic heterocycles. The van der Waals surface area contributed by atoms with Crippen LogP contribution in [0, 0.1) is 5.92 Å². The Morgan fingerprint density at radius 1 is 1.24 bits per heavy atom. The molecule has 2 heterocycles.